The molecule has 0 aromatic heterocycles. The van der Waals surface area contributed by atoms with Crippen molar-refractivity contribution in [3.8, 4) is 0 Å². The van der Waals surface area contributed by atoms with E-state index in [1.54, 1.807) is 0 Å². The summed E-state index contributed by atoms with van der Waals surface area (Å²) in [6.07, 6.45) is 55.2. The Hall–Kier alpha value is -1.27. The van der Waals surface area contributed by atoms with Crippen LogP contribution in [-0.2, 0) is 23.7 Å². The summed E-state index contributed by atoms with van der Waals surface area (Å²) < 4.78 is 23.0. The van der Waals surface area contributed by atoms with Gasteiger partial charge in [0.2, 0.25) is 5.91 Å². The summed E-state index contributed by atoms with van der Waals surface area (Å²) >= 11 is 0. The largest absolute Gasteiger partial charge is 0.394 e. The Bertz CT molecular complexity index is 1510. The molecular weight excluding hydrogens is 1100 g/mol. The molecule has 0 bridgehead atoms. The van der Waals surface area contributed by atoms with Crippen LogP contribution >= 0.6 is 0 Å². The molecule has 0 saturated carbocycles. The highest BCUT2D eigenvalue weighted by atomic mass is 16.7. The van der Waals surface area contributed by atoms with Gasteiger partial charge in [-0.3, -0.25) is 4.79 Å². The Balaban J connectivity index is 1.64. The lowest BCUT2D eigenvalue weighted by molar-refractivity contribution is -0.359. The fraction of sp³-hybridized carbons (Fsp3) is 0.959. The maximum absolute atomic E-state index is 13.4. The second-order valence-electron chi connectivity index (χ2n) is 26.8. The molecule has 0 spiro atoms. The Kier molecular flexibility index (Phi) is 55.1. The number of carbonyl (C=O) groups excluding carboxylic acids is 1. The molecule has 12 unspecified atom stereocenters. The Labute approximate surface area is 533 Å². The average Bonchev–Trinajstić information content (AvgIpc) is 2.58. The first kappa shape index (κ1) is 81.8. The lowest BCUT2D eigenvalue weighted by Crippen LogP contribution is -2.65. The molecule has 2 aliphatic heterocycles. The van der Waals surface area contributed by atoms with Crippen molar-refractivity contribution in [1.82, 2.24) is 5.32 Å². The van der Waals surface area contributed by atoms with E-state index in [2.05, 4.69) is 31.3 Å². The molecule has 2 saturated heterocycles. The van der Waals surface area contributed by atoms with Gasteiger partial charge >= 0.3 is 0 Å². The molecule has 0 aromatic carbocycles. The van der Waals surface area contributed by atoms with Gasteiger partial charge in [-0.1, -0.05) is 321 Å². The quantitative estimate of drug-likeness (QED) is 0.0204. The number of unbranched alkanes of at least 4 members (excludes halogenated alkanes) is 48. The van der Waals surface area contributed by atoms with Gasteiger partial charge in [-0.2, -0.15) is 0 Å². The van der Waals surface area contributed by atoms with Crippen LogP contribution in [0.25, 0.3) is 0 Å². The number of hydrogen-bond donors (Lipinski definition) is 9. The molecule has 1 amide bonds. The third kappa shape index (κ3) is 42.6. The first-order chi connectivity index (χ1) is 42.6. The second-order valence-corrected chi connectivity index (χ2v) is 26.8. The van der Waals surface area contributed by atoms with Gasteiger partial charge in [0.15, 0.2) is 12.6 Å². The number of ether oxygens (including phenoxy) is 4. The Morgan fingerprint density at radius 1 is 0.402 bits per heavy atom. The molecule has 0 radical (unpaired) electrons. The fourth-order valence-electron chi connectivity index (χ4n) is 12.8. The van der Waals surface area contributed by atoms with Gasteiger partial charge in [0.25, 0.3) is 0 Å². The maximum Gasteiger partial charge on any atom is 0.220 e. The molecule has 87 heavy (non-hydrogen) atoms. The second kappa shape index (κ2) is 58.5. The third-order valence-electron chi connectivity index (χ3n) is 18.7. The van der Waals surface area contributed by atoms with Crippen LogP contribution in [0.15, 0.2) is 12.2 Å². The zero-order valence-electron chi connectivity index (χ0n) is 56.3. The van der Waals surface area contributed by atoms with Crippen molar-refractivity contribution in [3.05, 3.63) is 12.2 Å². The number of allylic oxidation sites excluding steroid dienone is 2. The van der Waals surface area contributed by atoms with Crippen LogP contribution in [-0.4, -0.2) is 140 Å². The highest BCUT2D eigenvalue weighted by Gasteiger charge is 2.51. The first-order valence-electron chi connectivity index (χ1n) is 37.4. The zero-order chi connectivity index (χ0) is 63.1. The van der Waals surface area contributed by atoms with E-state index in [-0.39, 0.29) is 12.5 Å². The fourth-order valence-corrected chi connectivity index (χ4v) is 12.8. The van der Waals surface area contributed by atoms with E-state index >= 15 is 0 Å². The summed E-state index contributed by atoms with van der Waals surface area (Å²) in [6.45, 7) is 2.93. The first-order valence-corrected chi connectivity index (χ1v) is 37.4. The number of rotatable bonds is 63. The monoisotopic (exact) mass is 1240 g/mol. The van der Waals surface area contributed by atoms with Gasteiger partial charge in [0.1, 0.15) is 48.8 Å². The predicted octanol–water partition coefficient (Wildman–Crippen LogP) is 15.7. The minimum absolute atomic E-state index is 0.198. The smallest absolute Gasteiger partial charge is 0.220 e. The molecule has 2 fully saturated rings. The highest BCUT2D eigenvalue weighted by molar-refractivity contribution is 5.76. The van der Waals surface area contributed by atoms with Crippen molar-refractivity contribution in [2.75, 3.05) is 19.8 Å². The van der Waals surface area contributed by atoms with Crippen LogP contribution in [0.3, 0.4) is 0 Å². The van der Waals surface area contributed by atoms with Crippen LogP contribution in [0, 0.1) is 0 Å². The van der Waals surface area contributed by atoms with E-state index < -0.39 is 86.8 Å². The summed E-state index contributed by atoms with van der Waals surface area (Å²) in [7, 11) is 0. The molecule has 14 heteroatoms. The summed E-state index contributed by atoms with van der Waals surface area (Å²) in [5.74, 6) is -0.198. The number of aliphatic hydroxyl groups excluding tert-OH is 8. The van der Waals surface area contributed by atoms with Gasteiger partial charge in [0.05, 0.1) is 32.0 Å². The Morgan fingerprint density at radius 2 is 0.724 bits per heavy atom. The van der Waals surface area contributed by atoms with Crippen molar-refractivity contribution >= 4 is 5.91 Å². The zero-order valence-corrected chi connectivity index (χ0v) is 56.3. The van der Waals surface area contributed by atoms with E-state index in [1.165, 1.54) is 276 Å². The number of amides is 1. The van der Waals surface area contributed by atoms with Crippen molar-refractivity contribution in [2.24, 2.45) is 0 Å². The molecule has 14 nitrogen and oxygen atoms in total. The number of nitrogens with one attached hydrogen (secondary N) is 1. The highest BCUT2D eigenvalue weighted by Crippen LogP contribution is 2.30. The van der Waals surface area contributed by atoms with Crippen molar-refractivity contribution in [3.63, 3.8) is 0 Å². The molecule has 0 aromatic rings. The number of hydrogen-bond acceptors (Lipinski definition) is 13. The van der Waals surface area contributed by atoms with Crippen LogP contribution in [0.4, 0.5) is 0 Å². The molecule has 0 aliphatic carbocycles. The number of aliphatic hydroxyl groups is 8. The minimum atomic E-state index is -1.78. The van der Waals surface area contributed by atoms with Gasteiger partial charge in [-0.25, -0.2) is 0 Å². The summed E-state index contributed by atoms with van der Waals surface area (Å²) in [5.41, 5.74) is 0. The summed E-state index contributed by atoms with van der Waals surface area (Å²) in [5, 5.41) is 87.7. The van der Waals surface area contributed by atoms with Gasteiger partial charge in [-0.15, -0.1) is 0 Å². The molecule has 9 N–H and O–H groups in total. The van der Waals surface area contributed by atoms with Crippen LogP contribution < -0.4 is 5.32 Å². The van der Waals surface area contributed by atoms with Crippen LogP contribution in [0.1, 0.15) is 354 Å². The molecule has 2 heterocycles. The molecule has 12 atom stereocenters. The minimum Gasteiger partial charge on any atom is -0.394 e. The molecule has 2 aliphatic rings. The van der Waals surface area contributed by atoms with E-state index in [9.17, 15) is 45.6 Å². The van der Waals surface area contributed by atoms with Crippen LogP contribution in [0.2, 0.25) is 0 Å². The van der Waals surface area contributed by atoms with Crippen molar-refractivity contribution in [2.45, 2.75) is 428 Å². The standard InChI is InChI=1S/C73H141NO13/c1-3-5-7-9-11-13-15-17-19-21-23-25-27-29-31-33-35-37-39-41-43-45-47-49-51-53-55-57-65(78)74-61(60-84-72-70(83)68(81)71(64(59-76)86-72)87-73-69(82)67(80)66(79)63(58-75)85-73)62(77)56-54-52-50-48-46-44-42-40-38-36-34-32-30-28-26-24-22-20-18-16-14-12-10-8-6-4-2/h21,23,61-64,66-73,75-77,79-83H,3-20,22,24-60H2,1-2H3,(H,74,78)/b23-21-. The third-order valence-corrected chi connectivity index (χ3v) is 18.7. The van der Waals surface area contributed by atoms with Gasteiger partial charge in [-0.05, 0) is 38.5 Å². The normalized spacial score (nSPS) is 23.2. The summed E-state index contributed by atoms with van der Waals surface area (Å²) in [4.78, 5) is 13.4. The molecular formula is C73H141NO13. The van der Waals surface area contributed by atoms with E-state index in [0.717, 1.165) is 51.4 Å². The SMILES string of the molecule is CCCCCCCCCC/C=C\CCCCCCCCCCCCCCCCCC(=O)NC(COC1OC(CO)C(OC2OC(CO)C(O)C(O)C2O)C(O)C1O)C(O)CCCCCCCCCCCCCCCCCCCCCCCCCCCC. The topological polar surface area (TPSA) is 228 Å². The lowest BCUT2D eigenvalue weighted by atomic mass is 9.97. The van der Waals surface area contributed by atoms with E-state index in [0.29, 0.717) is 12.8 Å². The predicted molar refractivity (Wildman–Crippen MR) is 355 cm³/mol. The van der Waals surface area contributed by atoms with E-state index in [4.69, 9.17) is 18.9 Å². The molecule has 516 valence electrons. The lowest BCUT2D eigenvalue weighted by Gasteiger charge is -2.46. The van der Waals surface area contributed by atoms with Crippen LogP contribution in [0.5, 0.6) is 0 Å². The van der Waals surface area contributed by atoms with Gasteiger partial charge in [0, 0.05) is 6.42 Å². The Morgan fingerprint density at radius 3 is 1.09 bits per heavy atom. The number of carbonyl (C=O) groups is 1. The average molecular weight is 1240 g/mol. The van der Waals surface area contributed by atoms with E-state index in [1.807, 2.05) is 0 Å². The molecule has 2 rings (SSSR count). The summed E-state index contributed by atoms with van der Waals surface area (Å²) in [6, 6.07) is -0.827. The van der Waals surface area contributed by atoms with Crippen molar-refractivity contribution < 1.29 is 64.6 Å². The maximum atomic E-state index is 13.4. The van der Waals surface area contributed by atoms with Crippen molar-refractivity contribution in [1.29, 1.82) is 0 Å². The van der Waals surface area contributed by atoms with Gasteiger partial charge < -0.3 is 65.1 Å².